The Labute approximate surface area is 135 Å². The first-order chi connectivity index (χ1) is 10.4. The lowest BCUT2D eigenvalue weighted by atomic mass is 10.4. The predicted octanol–water partition coefficient (Wildman–Crippen LogP) is 0.465. The minimum atomic E-state index is -3.56. The number of hydrogen-bond acceptors (Lipinski definition) is 6. The minimum absolute atomic E-state index is 0.0699. The number of aliphatic hydroxyl groups is 1. The Balaban J connectivity index is 2.12. The van der Waals surface area contributed by atoms with E-state index in [4.69, 9.17) is 16.7 Å². The van der Waals surface area contributed by atoms with Crippen LogP contribution in [0.3, 0.4) is 0 Å². The zero-order valence-corrected chi connectivity index (χ0v) is 14.1. The van der Waals surface area contributed by atoms with Gasteiger partial charge in [-0.2, -0.15) is 4.31 Å². The highest BCUT2D eigenvalue weighted by atomic mass is 35.5. The van der Waals surface area contributed by atoms with E-state index in [-0.39, 0.29) is 16.5 Å². The standard InChI is InChI=1S/C13H21ClN4O3S/c1-17-4-6-18(7-5-17)22(20,21)11-9-12(14)13(16-10-11)15-3-2-8-19/h9-10,19H,2-8H2,1H3,(H,15,16). The molecular formula is C13H21ClN4O3S. The van der Waals surface area contributed by atoms with Gasteiger partial charge in [0.15, 0.2) is 0 Å². The summed E-state index contributed by atoms with van der Waals surface area (Å²) in [4.78, 5) is 6.28. The van der Waals surface area contributed by atoms with E-state index in [0.717, 1.165) is 0 Å². The van der Waals surface area contributed by atoms with Crippen LogP contribution in [0.15, 0.2) is 17.2 Å². The van der Waals surface area contributed by atoms with Gasteiger partial charge < -0.3 is 15.3 Å². The molecule has 1 aromatic heterocycles. The fraction of sp³-hybridized carbons (Fsp3) is 0.615. The third-order valence-electron chi connectivity index (χ3n) is 3.54. The molecule has 0 aromatic carbocycles. The van der Waals surface area contributed by atoms with Crippen molar-refractivity contribution in [2.75, 3.05) is 51.7 Å². The number of aliphatic hydroxyl groups excluding tert-OH is 1. The maximum atomic E-state index is 12.6. The minimum Gasteiger partial charge on any atom is -0.396 e. The van der Waals surface area contributed by atoms with Crippen LogP contribution in [-0.4, -0.2) is 74.1 Å². The molecule has 0 spiro atoms. The number of aromatic nitrogens is 1. The predicted molar refractivity (Wildman–Crippen MR) is 85.7 cm³/mol. The largest absolute Gasteiger partial charge is 0.396 e. The van der Waals surface area contributed by atoms with Crippen LogP contribution in [0, 0.1) is 0 Å². The van der Waals surface area contributed by atoms with Gasteiger partial charge in [0.25, 0.3) is 0 Å². The molecule has 1 aromatic rings. The highest BCUT2D eigenvalue weighted by molar-refractivity contribution is 7.89. The van der Waals surface area contributed by atoms with Gasteiger partial charge in [0.05, 0.1) is 5.02 Å². The smallest absolute Gasteiger partial charge is 0.244 e. The molecule has 0 saturated carbocycles. The van der Waals surface area contributed by atoms with E-state index >= 15 is 0 Å². The average Bonchev–Trinajstić information content (AvgIpc) is 2.49. The van der Waals surface area contributed by atoms with Crippen molar-refractivity contribution < 1.29 is 13.5 Å². The van der Waals surface area contributed by atoms with Crippen molar-refractivity contribution in [3.63, 3.8) is 0 Å². The lowest BCUT2D eigenvalue weighted by Crippen LogP contribution is -2.47. The Bertz CT molecular complexity index is 603. The van der Waals surface area contributed by atoms with Gasteiger partial charge in [-0.25, -0.2) is 13.4 Å². The zero-order valence-electron chi connectivity index (χ0n) is 12.5. The summed E-state index contributed by atoms with van der Waals surface area (Å²) in [5.41, 5.74) is 0. The van der Waals surface area contributed by atoms with Crippen LogP contribution in [0.5, 0.6) is 0 Å². The summed E-state index contributed by atoms with van der Waals surface area (Å²) in [7, 11) is -1.59. The summed E-state index contributed by atoms with van der Waals surface area (Å²) < 4.78 is 26.6. The van der Waals surface area contributed by atoms with Crippen molar-refractivity contribution in [2.24, 2.45) is 0 Å². The number of hydrogen-bond donors (Lipinski definition) is 2. The third kappa shape index (κ3) is 4.08. The van der Waals surface area contributed by atoms with E-state index in [1.807, 2.05) is 7.05 Å². The number of halogens is 1. The molecule has 2 N–H and O–H groups in total. The number of nitrogens with one attached hydrogen (secondary N) is 1. The van der Waals surface area contributed by atoms with Crippen LogP contribution in [-0.2, 0) is 10.0 Å². The fourth-order valence-electron chi connectivity index (χ4n) is 2.15. The van der Waals surface area contributed by atoms with Crippen molar-refractivity contribution in [1.29, 1.82) is 0 Å². The van der Waals surface area contributed by atoms with Gasteiger partial charge in [0.1, 0.15) is 10.7 Å². The van der Waals surface area contributed by atoms with Crippen molar-refractivity contribution in [3.8, 4) is 0 Å². The molecule has 1 aliphatic heterocycles. The monoisotopic (exact) mass is 348 g/mol. The fourth-order valence-corrected chi connectivity index (χ4v) is 3.85. The second-order valence-corrected chi connectivity index (χ2v) is 7.56. The lowest BCUT2D eigenvalue weighted by Gasteiger charge is -2.31. The molecule has 0 atom stereocenters. The van der Waals surface area contributed by atoms with E-state index in [2.05, 4.69) is 15.2 Å². The quantitative estimate of drug-likeness (QED) is 0.727. The summed E-state index contributed by atoms with van der Waals surface area (Å²) in [6.45, 7) is 2.94. The number of pyridine rings is 1. The number of nitrogens with zero attached hydrogens (tertiary/aromatic N) is 3. The van der Waals surface area contributed by atoms with E-state index in [0.29, 0.717) is 45.0 Å². The summed E-state index contributed by atoms with van der Waals surface area (Å²) in [6.07, 6.45) is 1.89. The number of likely N-dealkylation sites (N-methyl/N-ethyl adjacent to an activating group) is 1. The second kappa shape index (κ2) is 7.56. The van der Waals surface area contributed by atoms with Crippen LogP contribution in [0.4, 0.5) is 5.82 Å². The third-order valence-corrected chi connectivity index (χ3v) is 5.70. The van der Waals surface area contributed by atoms with Crippen molar-refractivity contribution in [1.82, 2.24) is 14.2 Å². The maximum absolute atomic E-state index is 12.6. The summed E-state index contributed by atoms with van der Waals surface area (Å²) in [5, 5.41) is 12.0. The molecule has 0 radical (unpaired) electrons. The first kappa shape index (κ1) is 17.4. The molecule has 1 aliphatic rings. The van der Waals surface area contributed by atoms with E-state index < -0.39 is 10.0 Å². The van der Waals surface area contributed by atoms with E-state index in [1.165, 1.54) is 16.6 Å². The molecule has 7 nitrogen and oxygen atoms in total. The maximum Gasteiger partial charge on any atom is 0.244 e. The molecule has 0 amide bonds. The van der Waals surface area contributed by atoms with Gasteiger partial charge in [0, 0.05) is 45.5 Å². The summed E-state index contributed by atoms with van der Waals surface area (Å²) in [5.74, 6) is 0.424. The molecular weight excluding hydrogens is 328 g/mol. The molecule has 0 unspecified atom stereocenters. The van der Waals surface area contributed by atoms with Crippen LogP contribution in [0.1, 0.15) is 6.42 Å². The Kier molecular flexibility index (Phi) is 5.99. The molecule has 1 fully saturated rings. The van der Waals surface area contributed by atoms with Crippen LogP contribution < -0.4 is 5.32 Å². The van der Waals surface area contributed by atoms with Gasteiger partial charge >= 0.3 is 0 Å². The van der Waals surface area contributed by atoms with Gasteiger partial charge in [-0.05, 0) is 19.5 Å². The van der Waals surface area contributed by atoms with Gasteiger partial charge in [-0.15, -0.1) is 0 Å². The van der Waals surface area contributed by atoms with Gasteiger partial charge in [-0.1, -0.05) is 11.6 Å². The van der Waals surface area contributed by atoms with Crippen LogP contribution in [0.2, 0.25) is 5.02 Å². The average molecular weight is 349 g/mol. The normalized spacial score (nSPS) is 17.6. The highest BCUT2D eigenvalue weighted by Gasteiger charge is 2.28. The lowest BCUT2D eigenvalue weighted by molar-refractivity contribution is 0.222. The van der Waals surface area contributed by atoms with Crippen LogP contribution in [0.25, 0.3) is 0 Å². The second-order valence-electron chi connectivity index (χ2n) is 5.21. The van der Waals surface area contributed by atoms with Crippen LogP contribution >= 0.6 is 11.6 Å². The molecule has 2 heterocycles. The topological polar surface area (TPSA) is 85.8 Å². The van der Waals surface area contributed by atoms with Gasteiger partial charge in [0.2, 0.25) is 10.0 Å². The number of piperazine rings is 1. The van der Waals surface area contributed by atoms with E-state index in [1.54, 1.807) is 0 Å². The Morgan fingerprint density at radius 2 is 2.05 bits per heavy atom. The first-order valence-electron chi connectivity index (χ1n) is 7.14. The molecule has 0 aliphatic carbocycles. The molecule has 2 rings (SSSR count). The van der Waals surface area contributed by atoms with Crippen molar-refractivity contribution in [2.45, 2.75) is 11.3 Å². The summed E-state index contributed by atoms with van der Waals surface area (Å²) in [6, 6.07) is 1.42. The van der Waals surface area contributed by atoms with Crippen molar-refractivity contribution in [3.05, 3.63) is 17.3 Å². The Morgan fingerprint density at radius 3 is 2.64 bits per heavy atom. The molecule has 0 bridgehead atoms. The Hall–Kier alpha value is -0.930. The van der Waals surface area contributed by atoms with Crippen molar-refractivity contribution >= 4 is 27.4 Å². The first-order valence-corrected chi connectivity index (χ1v) is 8.96. The number of sulfonamides is 1. The SMILES string of the molecule is CN1CCN(S(=O)(=O)c2cnc(NCCCO)c(Cl)c2)CC1. The molecule has 124 valence electrons. The van der Waals surface area contributed by atoms with E-state index in [9.17, 15) is 8.42 Å². The molecule has 1 saturated heterocycles. The highest BCUT2D eigenvalue weighted by Crippen LogP contribution is 2.25. The summed E-state index contributed by atoms with van der Waals surface area (Å²) >= 11 is 6.10. The Morgan fingerprint density at radius 1 is 1.36 bits per heavy atom. The van der Waals surface area contributed by atoms with Gasteiger partial charge in [-0.3, -0.25) is 0 Å². The zero-order chi connectivity index (χ0) is 16.2. The number of rotatable bonds is 6. The molecule has 9 heteroatoms. The number of anilines is 1. The molecule has 22 heavy (non-hydrogen) atoms.